The lowest BCUT2D eigenvalue weighted by Crippen LogP contribution is -1.93. The molecular weight excluding hydrogens is 202 g/mol. The van der Waals surface area contributed by atoms with Gasteiger partial charge in [0, 0.05) is 5.02 Å². The van der Waals surface area contributed by atoms with Crippen LogP contribution >= 0.6 is 11.6 Å². The number of aliphatic imine (C=N–C) groups is 1. The van der Waals surface area contributed by atoms with Crippen LogP contribution in [0.25, 0.3) is 0 Å². The van der Waals surface area contributed by atoms with E-state index in [1.807, 2.05) is 6.92 Å². The van der Waals surface area contributed by atoms with E-state index in [4.69, 9.17) is 16.3 Å². The summed E-state index contributed by atoms with van der Waals surface area (Å²) in [5.74, 6) is 0.702. The molecule has 0 spiro atoms. The summed E-state index contributed by atoms with van der Waals surface area (Å²) in [6.45, 7) is 2.18. The predicted molar refractivity (Wildman–Crippen MR) is 54.6 cm³/mol. The molecule has 0 aliphatic rings. The summed E-state index contributed by atoms with van der Waals surface area (Å²) in [6, 6.07) is 3.49. The minimum absolute atomic E-state index is 0.284. The molecule has 74 valence electrons. The van der Waals surface area contributed by atoms with Crippen LogP contribution in [0.5, 0.6) is 5.75 Å². The molecule has 0 amide bonds. The number of methoxy groups -OCH3 is 1. The smallest absolute Gasteiger partial charge is 0.235 e. The molecule has 0 saturated heterocycles. The minimum Gasteiger partial charge on any atom is -0.496 e. The highest BCUT2D eigenvalue weighted by molar-refractivity contribution is 6.30. The molecular formula is C10H10ClNO2. The number of isocyanates is 1. The summed E-state index contributed by atoms with van der Waals surface area (Å²) in [6.07, 6.45) is 1.49. The van der Waals surface area contributed by atoms with Gasteiger partial charge in [0.05, 0.1) is 13.7 Å². The van der Waals surface area contributed by atoms with Crippen LogP contribution in [0.15, 0.2) is 17.1 Å². The molecule has 0 aliphatic carbocycles. The topological polar surface area (TPSA) is 38.7 Å². The molecule has 3 nitrogen and oxygen atoms in total. The summed E-state index contributed by atoms with van der Waals surface area (Å²) in [5, 5.41) is 0.573. The van der Waals surface area contributed by atoms with Crippen molar-refractivity contribution in [3.8, 4) is 5.75 Å². The van der Waals surface area contributed by atoms with Crippen molar-refractivity contribution in [1.29, 1.82) is 0 Å². The first kappa shape index (κ1) is 10.8. The fourth-order valence-electron chi connectivity index (χ4n) is 1.20. The molecule has 0 heterocycles. The van der Waals surface area contributed by atoms with Gasteiger partial charge in [0.1, 0.15) is 5.75 Å². The van der Waals surface area contributed by atoms with Gasteiger partial charge in [-0.15, -0.1) is 0 Å². The minimum atomic E-state index is 0.284. The number of ether oxygens (including phenoxy) is 1. The Morgan fingerprint density at radius 1 is 1.57 bits per heavy atom. The number of hydrogen-bond donors (Lipinski definition) is 0. The fourth-order valence-corrected chi connectivity index (χ4v) is 1.43. The van der Waals surface area contributed by atoms with Crippen LogP contribution in [0, 0.1) is 6.92 Å². The summed E-state index contributed by atoms with van der Waals surface area (Å²) >= 11 is 5.86. The quantitative estimate of drug-likeness (QED) is 0.569. The van der Waals surface area contributed by atoms with Crippen LogP contribution in [0.1, 0.15) is 11.1 Å². The predicted octanol–water partition coefficient (Wildman–Crippen LogP) is 2.49. The van der Waals surface area contributed by atoms with Gasteiger partial charge in [0.2, 0.25) is 6.08 Å². The molecule has 0 saturated carbocycles. The van der Waals surface area contributed by atoms with Gasteiger partial charge >= 0.3 is 0 Å². The van der Waals surface area contributed by atoms with Gasteiger partial charge in [-0.25, -0.2) is 9.79 Å². The average molecular weight is 212 g/mol. The third kappa shape index (κ3) is 2.34. The van der Waals surface area contributed by atoms with Gasteiger partial charge in [0.25, 0.3) is 0 Å². The maximum atomic E-state index is 9.97. The second-order valence-electron chi connectivity index (χ2n) is 2.80. The van der Waals surface area contributed by atoms with Crippen LogP contribution in [0.3, 0.4) is 0 Å². The van der Waals surface area contributed by atoms with E-state index in [0.717, 1.165) is 11.1 Å². The number of halogens is 1. The Balaban J connectivity index is 3.14. The van der Waals surface area contributed by atoms with Gasteiger partial charge in [-0.2, -0.15) is 0 Å². The Kier molecular flexibility index (Phi) is 3.69. The van der Waals surface area contributed by atoms with Crippen molar-refractivity contribution in [2.24, 2.45) is 4.99 Å². The maximum Gasteiger partial charge on any atom is 0.235 e. The SMILES string of the molecule is COc1cc(Cl)cc(CN=C=O)c1C. The van der Waals surface area contributed by atoms with Gasteiger partial charge in [-0.1, -0.05) is 11.6 Å². The van der Waals surface area contributed by atoms with Crippen molar-refractivity contribution >= 4 is 17.7 Å². The fraction of sp³-hybridized carbons (Fsp3) is 0.300. The largest absolute Gasteiger partial charge is 0.496 e. The molecule has 1 rings (SSSR count). The Bertz CT molecular complexity index is 384. The number of rotatable bonds is 3. The van der Waals surface area contributed by atoms with Gasteiger partial charge in [-0.05, 0) is 30.2 Å². The molecule has 0 radical (unpaired) electrons. The third-order valence-corrected chi connectivity index (χ3v) is 2.18. The van der Waals surface area contributed by atoms with Crippen LogP contribution in [-0.2, 0) is 11.3 Å². The zero-order valence-corrected chi connectivity index (χ0v) is 8.76. The van der Waals surface area contributed by atoms with Gasteiger partial charge in [0.15, 0.2) is 0 Å². The van der Waals surface area contributed by atoms with E-state index in [-0.39, 0.29) is 6.54 Å². The maximum absolute atomic E-state index is 9.97. The van der Waals surface area contributed by atoms with E-state index in [2.05, 4.69) is 4.99 Å². The van der Waals surface area contributed by atoms with Gasteiger partial charge in [-0.3, -0.25) is 0 Å². The van der Waals surface area contributed by atoms with Crippen molar-refractivity contribution in [2.45, 2.75) is 13.5 Å². The van der Waals surface area contributed by atoms with Crippen LogP contribution in [-0.4, -0.2) is 13.2 Å². The first-order valence-electron chi connectivity index (χ1n) is 4.05. The zero-order chi connectivity index (χ0) is 10.6. The molecule has 0 unspecified atom stereocenters. The lowest BCUT2D eigenvalue weighted by molar-refractivity contribution is 0.411. The second kappa shape index (κ2) is 4.80. The molecule has 0 atom stereocenters. The first-order valence-corrected chi connectivity index (χ1v) is 4.43. The van der Waals surface area contributed by atoms with Crippen molar-refractivity contribution < 1.29 is 9.53 Å². The summed E-state index contributed by atoms with van der Waals surface area (Å²) in [4.78, 5) is 13.5. The third-order valence-electron chi connectivity index (χ3n) is 1.97. The number of hydrogen-bond acceptors (Lipinski definition) is 3. The molecule has 0 N–H and O–H groups in total. The van der Waals surface area contributed by atoms with Crippen molar-refractivity contribution in [3.05, 3.63) is 28.3 Å². The Morgan fingerprint density at radius 2 is 2.29 bits per heavy atom. The highest BCUT2D eigenvalue weighted by Crippen LogP contribution is 2.26. The molecule has 1 aromatic rings. The number of benzene rings is 1. The van der Waals surface area contributed by atoms with Crippen LogP contribution in [0.2, 0.25) is 5.02 Å². The van der Waals surface area contributed by atoms with Gasteiger partial charge < -0.3 is 4.74 Å². The van der Waals surface area contributed by atoms with Crippen LogP contribution < -0.4 is 4.74 Å². The molecule has 14 heavy (non-hydrogen) atoms. The van der Waals surface area contributed by atoms with Crippen molar-refractivity contribution in [3.63, 3.8) is 0 Å². The number of nitrogens with zero attached hydrogens (tertiary/aromatic N) is 1. The van der Waals surface area contributed by atoms with E-state index >= 15 is 0 Å². The van der Waals surface area contributed by atoms with Crippen molar-refractivity contribution in [2.75, 3.05) is 7.11 Å². The zero-order valence-electron chi connectivity index (χ0n) is 8.00. The first-order chi connectivity index (χ1) is 6.69. The Labute approximate surface area is 87.4 Å². The van der Waals surface area contributed by atoms with E-state index in [1.165, 1.54) is 6.08 Å². The monoisotopic (exact) mass is 211 g/mol. The summed E-state index contributed by atoms with van der Waals surface area (Å²) in [7, 11) is 1.57. The second-order valence-corrected chi connectivity index (χ2v) is 3.24. The van der Waals surface area contributed by atoms with E-state index < -0.39 is 0 Å². The highest BCUT2D eigenvalue weighted by Gasteiger charge is 2.06. The molecule has 0 fully saturated rings. The molecule has 0 aliphatic heterocycles. The molecule has 0 bridgehead atoms. The van der Waals surface area contributed by atoms with E-state index in [9.17, 15) is 4.79 Å². The van der Waals surface area contributed by atoms with Crippen molar-refractivity contribution in [1.82, 2.24) is 0 Å². The Morgan fingerprint density at radius 3 is 2.86 bits per heavy atom. The average Bonchev–Trinajstić information content (AvgIpc) is 2.18. The summed E-state index contributed by atoms with van der Waals surface area (Å²) in [5.41, 5.74) is 1.81. The standard InChI is InChI=1S/C10H10ClNO2/c1-7-8(5-12-6-13)3-9(11)4-10(7)14-2/h3-4H,5H2,1-2H3. The molecule has 4 heteroatoms. The van der Waals surface area contributed by atoms with E-state index in [1.54, 1.807) is 19.2 Å². The number of carbonyl (C=O) groups excluding carboxylic acids is 1. The molecule has 1 aromatic carbocycles. The molecule has 0 aromatic heterocycles. The highest BCUT2D eigenvalue weighted by atomic mass is 35.5. The summed E-state index contributed by atoms with van der Waals surface area (Å²) < 4.78 is 5.12. The normalized spacial score (nSPS) is 9.36. The van der Waals surface area contributed by atoms with E-state index in [0.29, 0.717) is 10.8 Å². The van der Waals surface area contributed by atoms with Crippen LogP contribution in [0.4, 0.5) is 0 Å². The lowest BCUT2D eigenvalue weighted by atomic mass is 10.1. The Hall–Kier alpha value is -1.31. The lowest BCUT2D eigenvalue weighted by Gasteiger charge is -2.08.